The minimum Gasteiger partial charge on any atom is -0.493 e. The van der Waals surface area contributed by atoms with Gasteiger partial charge in [0, 0.05) is 19.1 Å². The van der Waals surface area contributed by atoms with Gasteiger partial charge in [0.05, 0.1) is 6.61 Å². The molecule has 1 aromatic carbocycles. The molecule has 1 aliphatic rings. The summed E-state index contributed by atoms with van der Waals surface area (Å²) in [6, 6.07) is 7.06. The van der Waals surface area contributed by atoms with E-state index in [1.165, 1.54) is 11.1 Å². The molecule has 0 saturated carbocycles. The van der Waals surface area contributed by atoms with Crippen LogP contribution in [0.1, 0.15) is 24.5 Å². The topological polar surface area (TPSA) is 38.5 Å². The summed E-state index contributed by atoms with van der Waals surface area (Å²) in [7, 11) is 2.14. The van der Waals surface area contributed by atoms with Crippen LogP contribution < -0.4 is 10.5 Å². The zero-order chi connectivity index (χ0) is 13.0. The number of rotatable bonds is 5. The van der Waals surface area contributed by atoms with Crippen LogP contribution in [0.5, 0.6) is 5.75 Å². The Bertz CT molecular complexity index is 392. The minimum absolute atomic E-state index is 0.450. The van der Waals surface area contributed by atoms with Crippen LogP contribution in [-0.4, -0.2) is 37.7 Å². The van der Waals surface area contributed by atoms with Gasteiger partial charge in [-0.25, -0.2) is 0 Å². The molecule has 2 rings (SSSR count). The van der Waals surface area contributed by atoms with Crippen LogP contribution in [-0.2, 0) is 12.8 Å². The molecule has 1 aliphatic heterocycles. The van der Waals surface area contributed by atoms with Crippen molar-refractivity contribution < 1.29 is 4.74 Å². The van der Waals surface area contributed by atoms with Gasteiger partial charge in [-0.15, -0.1) is 0 Å². The van der Waals surface area contributed by atoms with Crippen molar-refractivity contribution in [3.8, 4) is 5.75 Å². The van der Waals surface area contributed by atoms with Crippen molar-refractivity contribution >= 4 is 0 Å². The molecule has 0 saturated heterocycles. The zero-order valence-corrected chi connectivity index (χ0v) is 11.5. The summed E-state index contributed by atoms with van der Waals surface area (Å²) in [6.45, 7) is 4.80. The lowest BCUT2D eigenvalue weighted by atomic mass is 10.0. The third-order valence-electron chi connectivity index (χ3n) is 3.82. The summed E-state index contributed by atoms with van der Waals surface area (Å²) in [5.74, 6) is 1.08. The van der Waals surface area contributed by atoms with Crippen LogP contribution in [0.25, 0.3) is 0 Å². The van der Waals surface area contributed by atoms with Gasteiger partial charge in [0.15, 0.2) is 0 Å². The van der Waals surface area contributed by atoms with Crippen LogP contribution in [0.4, 0.5) is 0 Å². The zero-order valence-electron chi connectivity index (χ0n) is 11.5. The highest BCUT2D eigenvalue weighted by Gasteiger charge is 2.11. The number of hydrogen-bond donors (Lipinski definition) is 1. The van der Waals surface area contributed by atoms with Gasteiger partial charge in [0.25, 0.3) is 0 Å². The second-order valence-corrected chi connectivity index (χ2v) is 5.21. The highest BCUT2D eigenvalue weighted by Crippen LogP contribution is 2.25. The smallest absolute Gasteiger partial charge is 0.122 e. The minimum atomic E-state index is 0.450. The van der Waals surface area contributed by atoms with Gasteiger partial charge in [-0.2, -0.15) is 0 Å². The summed E-state index contributed by atoms with van der Waals surface area (Å²) in [6.07, 6.45) is 3.37. The molecule has 1 heterocycles. The van der Waals surface area contributed by atoms with Gasteiger partial charge >= 0.3 is 0 Å². The monoisotopic (exact) mass is 248 g/mol. The van der Waals surface area contributed by atoms with Crippen molar-refractivity contribution in [3.05, 3.63) is 29.3 Å². The maximum absolute atomic E-state index is 5.67. The maximum Gasteiger partial charge on any atom is 0.122 e. The Balaban J connectivity index is 1.94. The van der Waals surface area contributed by atoms with Gasteiger partial charge < -0.3 is 15.4 Å². The van der Waals surface area contributed by atoms with Crippen molar-refractivity contribution in [1.29, 1.82) is 0 Å². The van der Waals surface area contributed by atoms with E-state index >= 15 is 0 Å². The van der Waals surface area contributed by atoms with E-state index in [9.17, 15) is 0 Å². The fourth-order valence-corrected chi connectivity index (χ4v) is 2.28. The number of ether oxygens (including phenoxy) is 1. The lowest BCUT2D eigenvalue weighted by molar-refractivity contribution is 0.266. The SMILES string of the molecule is CC(CN)N(C)CCc1ccc2c(c1)CCCO2. The Morgan fingerprint density at radius 3 is 3.06 bits per heavy atom. The Morgan fingerprint density at radius 1 is 1.44 bits per heavy atom. The van der Waals surface area contributed by atoms with Crippen molar-refractivity contribution in [3.63, 3.8) is 0 Å². The summed E-state index contributed by atoms with van der Waals surface area (Å²) < 4.78 is 5.63. The van der Waals surface area contributed by atoms with Crippen molar-refractivity contribution in [2.45, 2.75) is 32.2 Å². The molecule has 18 heavy (non-hydrogen) atoms. The average Bonchev–Trinajstić information content (AvgIpc) is 2.43. The molecule has 0 aromatic heterocycles. The van der Waals surface area contributed by atoms with E-state index in [1.54, 1.807) is 0 Å². The van der Waals surface area contributed by atoms with Crippen molar-refractivity contribution in [2.24, 2.45) is 5.73 Å². The molecule has 3 nitrogen and oxygen atoms in total. The fraction of sp³-hybridized carbons (Fsp3) is 0.600. The lowest BCUT2D eigenvalue weighted by Gasteiger charge is -2.23. The Hall–Kier alpha value is -1.06. The number of nitrogens with zero attached hydrogens (tertiary/aromatic N) is 1. The van der Waals surface area contributed by atoms with Crippen LogP contribution in [0, 0.1) is 0 Å². The summed E-state index contributed by atoms with van der Waals surface area (Å²) in [5.41, 5.74) is 8.44. The quantitative estimate of drug-likeness (QED) is 0.864. The van der Waals surface area contributed by atoms with E-state index in [-0.39, 0.29) is 0 Å². The first-order chi connectivity index (χ1) is 8.70. The van der Waals surface area contributed by atoms with Crippen LogP contribution in [0.2, 0.25) is 0 Å². The molecule has 1 atom stereocenters. The molecule has 0 radical (unpaired) electrons. The Kier molecular flexibility index (Phi) is 4.61. The Labute approximate surface area is 110 Å². The molecule has 3 heteroatoms. The van der Waals surface area contributed by atoms with Gasteiger partial charge in [-0.1, -0.05) is 12.1 Å². The highest BCUT2D eigenvalue weighted by molar-refractivity contribution is 5.38. The molecule has 0 spiro atoms. The molecule has 0 bridgehead atoms. The molecule has 100 valence electrons. The van der Waals surface area contributed by atoms with E-state index in [4.69, 9.17) is 10.5 Å². The van der Waals surface area contributed by atoms with Crippen LogP contribution in [0.15, 0.2) is 18.2 Å². The van der Waals surface area contributed by atoms with E-state index in [1.807, 2.05) is 0 Å². The molecule has 2 N–H and O–H groups in total. The molecular weight excluding hydrogens is 224 g/mol. The summed E-state index contributed by atoms with van der Waals surface area (Å²) in [4.78, 5) is 2.32. The highest BCUT2D eigenvalue weighted by atomic mass is 16.5. The fourth-order valence-electron chi connectivity index (χ4n) is 2.28. The second kappa shape index (κ2) is 6.21. The standard InChI is InChI=1S/C15H24N2O/c1-12(11-16)17(2)8-7-13-5-6-15-14(10-13)4-3-9-18-15/h5-6,10,12H,3-4,7-9,11,16H2,1-2H3. The first kappa shape index (κ1) is 13.4. The number of benzene rings is 1. The van der Waals surface area contributed by atoms with E-state index in [0.717, 1.165) is 38.2 Å². The van der Waals surface area contributed by atoms with E-state index in [2.05, 4.69) is 37.1 Å². The first-order valence-corrected chi connectivity index (χ1v) is 6.85. The molecular formula is C15H24N2O. The predicted molar refractivity (Wildman–Crippen MR) is 75.1 cm³/mol. The average molecular weight is 248 g/mol. The van der Waals surface area contributed by atoms with Crippen LogP contribution >= 0.6 is 0 Å². The van der Waals surface area contributed by atoms with E-state index < -0.39 is 0 Å². The summed E-state index contributed by atoms with van der Waals surface area (Å²) >= 11 is 0. The molecule has 0 aliphatic carbocycles. The summed E-state index contributed by atoms with van der Waals surface area (Å²) in [5, 5.41) is 0. The number of hydrogen-bond acceptors (Lipinski definition) is 3. The normalized spacial score (nSPS) is 16.2. The number of nitrogens with two attached hydrogens (primary N) is 1. The van der Waals surface area contributed by atoms with Gasteiger partial charge in [0.2, 0.25) is 0 Å². The van der Waals surface area contributed by atoms with Crippen LogP contribution in [0.3, 0.4) is 0 Å². The first-order valence-electron chi connectivity index (χ1n) is 6.85. The van der Waals surface area contributed by atoms with Gasteiger partial charge in [-0.3, -0.25) is 0 Å². The Morgan fingerprint density at radius 2 is 2.28 bits per heavy atom. The molecule has 0 fully saturated rings. The number of aryl methyl sites for hydroxylation is 1. The molecule has 1 unspecified atom stereocenters. The number of fused-ring (bicyclic) bond motifs is 1. The van der Waals surface area contributed by atoms with Gasteiger partial charge in [0.1, 0.15) is 5.75 Å². The largest absolute Gasteiger partial charge is 0.493 e. The van der Waals surface area contributed by atoms with E-state index in [0.29, 0.717) is 12.6 Å². The third-order valence-corrected chi connectivity index (χ3v) is 3.82. The predicted octanol–water partition coefficient (Wildman–Crippen LogP) is 1.83. The lowest BCUT2D eigenvalue weighted by Crippen LogP contribution is -2.36. The molecule has 0 amide bonds. The molecule has 1 aromatic rings. The van der Waals surface area contributed by atoms with Gasteiger partial charge in [-0.05, 0) is 50.4 Å². The van der Waals surface area contributed by atoms with Crippen molar-refractivity contribution in [1.82, 2.24) is 4.90 Å². The second-order valence-electron chi connectivity index (χ2n) is 5.21. The number of likely N-dealkylation sites (N-methyl/N-ethyl adjacent to an activating group) is 1. The van der Waals surface area contributed by atoms with Crippen molar-refractivity contribution in [2.75, 3.05) is 26.7 Å². The maximum atomic E-state index is 5.67. The third kappa shape index (κ3) is 3.24.